The Hall–Kier alpha value is -4.20. The first kappa shape index (κ1) is 20.7. The summed E-state index contributed by atoms with van der Waals surface area (Å²) < 4.78 is 7.36. The third kappa shape index (κ3) is 4.03. The van der Waals surface area contributed by atoms with Gasteiger partial charge >= 0.3 is 0 Å². The Labute approximate surface area is 191 Å². The molecule has 3 heterocycles. The summed E-state index contributed by atoms with van der Waals surface area (Å²) in [6.07, 6.45) is 4.50. The number of nitrogens with two attached hydrogens (primary N) is 1. The average molecular weight is 441 g/mol. The number of hydrogen-bond acceptors (Lipinski definition) is 6. The molecule has 0 atom stereocenters. The van der Waals surface area contributed by atoms with Crippen LogP contribution in [0.15, 0.2) is 67.5 Å². The third-order valence-corrected chi connectivity index (χ3v) is 5.75. The molecule has 1 amide bonds. The fourth-order valence-electron chi connectivity index (χ4n) is 4.04. The van der Waals surface area contributed by atoms with E-state index < -0.39 is 0 Å². The summed E-state index contributed by atoms with van der Waals surface area (Å²) in [5.74, 6) is 1.60. The molecule has 2 aromatic heterocycles. The van der Waals surface area contributed by atoms with E-state index in [-0.39, 0.29) is 11.6 Å². The van der Waals surface area contributed by atoms with E-state index in [0.717, 1.165) is 43.7 Å². The number of nitrogens with zero attached hydrogens (tertiary/aromatic N) is 5. The third-order valence-electron chi connectivity index (χ3n) is 5.75. The summed E-state index contributed by atoms with van der Waals surface area (Å²) in [6.45, 7) is 5.49. The molecule has 4 aromatic rings. The minimum atomic E-state index is -0.144. The van der Waals surface area contributed by atoms with Gasteiger partial charge in [0.05, 0.1) is 5.39 Å². The van der Waals surface area contributed by atoms with Crippen molar-refractivity contribution < 1.29 is 9.53 Å². The topological polar surface area (TPSA) is 99.2 Å². The van der Waals surface area contributed by atoms with E-state index in [1.165, 1.54) is 11.0 Å². The second kappa shape index (κ2) is 8.74. The van der Waals surface area contributed by atoms with Crippen LogP contribution in [-0.2, 0) is 4.79 Å². The molecule has 0 spiro atoms. The Bertz CT molecular complexity index is 1310. The van der Waals surface area contributed by atoms with E-state index in [9.17, 15) is 4.79 Å². The Kier molecular flexibility index (Phi) is 5.48. The summed E-state index contributed by atoms with van der Waals surface area (Å²) in [5.41, 5.74) is 8.30. The molecule has 0 saturated carbocycles. The first-order chi connectivity index (χ1) is 16.1. The molecule has 8 heteroatoms. The quantitative estimate of drug-likeness (QED) is 0.463. The lowest BCUT2D eigenvalue weighted by atomic mass is 10.1. The molecular formula is C25H24N6O2. The van der Waals surface area contributed by atoms with Crippen LogP contribution in [-0.4, -0.2) is 43.6 Å². The molecule has 33 heavy (non-hydrogen) atoms. The van der Waals surface area contributed by atoms with E-state index >= 15 is 0 Å². The summed E-state index contributed by atoms with van der Waals surface area (Å²) in [6, 6.07) is 17.1. The Morgan fingerprint density at radius 2 is 1.64 bits per heavy atom. The summed E-state index contributed by atoms with van der Waals surface area (Å²) >= 11 is 0. The van der Waals surface area contributed by atoms with Gasteiger partial charge in [-0.3, -0.25) is 4.79 Å². The van der Waals surface area contributed by atoms with Crippen LogP contribution in [0.25, 0.3) is 28.0 Å². The number of carbonyl (C=O) groups excluding carboxylic acids is 1. The molecule has 0 bridgehead atoms. The number of aromatic nitrogens is 4. The minimum absolute atomic E-state index is 0.144. The maximum absolute atomic E-state index is 13.1. The van der Waals surface area contributed by atoms with E-state index in [1.807, 2.05) is 59.5 Å². The highest BCUT2D eigenvalue weighted by Crippen LogP contribution is 2.33. The Balaban J connectivity index is 1.50. The molecule has 1 saturated heterocycles. The van der Waals surface area contributed by atoms with E-state index in [2.05, 4.69) is 16.5 Å². The van der Waals surface area contributed by atoms with Crippen molar-refractivity contribution >= 4 is 28.5 Å². The normalized spacial score (nSPS) is 13.8. The molecule has 0 unspecified atom stereocenters. The SMILES string of the molecule is C=C(C(=O)N1CCCCC1)n1nc(-c2ccc(Oc3ccccc3)cc2)c2c(N)ncnc21. The van der Waals surface area contributed by atoms with Crippen LogP contribution in [0.2, 0.25) is 0 Å². The zero-order valence-electron chi connectivity index (χ0n) is 18.1. The van der Waals surface area contributed by atoms with Gasteiger partial charge in [-0.25, -0.2) is 14.6 Å². The van der Waals surface area contributed by atoms with E-state index in [1.54, 1.807) is 0 Å². The van der Waals surface area contributed by atoms with Crippen molar-refractivity contribution in [1.29, 1.82) is 0 Å². The van der Waals surface area contributed by atoms with Crippen LogP contribution in [0, 0.1) is 0 Å². The highest BCUT2D eigenvalue weighted by atomic mass is 16.5. The first-order valence-electron chi connectivity index (χ1n) is 10.9. The molecule has 0 aliphatic carbocycles. The zero-order chi connectivity index (χ0) is 22.8. The molecule has 1 fully saturated rings. The summed E-state index contributed by atoms with van der Waals surface area (Å²) in [5, 5.41) is 5.28. The first-order valence-corrected chi connectivity index (χ1v) is 10.9. The van der Waals surface area contributed by atoms with Crippen LogP contribution >= 0.6 is 0 Å². The van der Waals surface area contributed by atoms with Crippen LogP contribution in [0.1, 0.15) is 19.3 Å². The fraction of sp³-hybridized carbons (Fsp3) is 0.200. The van der Waals surface area contributed by atoms with Crippen molar-refractivity contribution in [1.82, 2.24) is 24.6 Å². The molecule has 2 aromatic carbocycles. The van der Waals surface area contributed by atoms with E-state index in [4.69, 9.17) is 15.6 Å². The van der Waals surface area contributed by atoms with Crippen molar-refractivity contribution in [3.63, 3.8) is 0 Å². The number of nitrogen functional groups attached to an aromatic ring is 1. The molecule has 1 aliphatic heterocycles. The van der Waals surface area contributed by atoms with Gasteiger partial charge in [-0.2, -0.15) is 5.10 Å². The molecule has 0 radical (unpaired) electrons. The lowest BCUT2D eigenvalue weighted by molar-refractivity contribution is -0.126. The second-order valence-electron chi connectivity index (χ2n) is 7.96. The Morgan fingerprint density at radius 1 is 0.939 bits per heavy atom. The van der Waals surface area contributed by atoms with Crippen LogP contribution < -0.4 is 10.5 Å². The number of para-hydroxylation sites is 1. The van der Waals surface area contributed by atoms with Crippen molar-refractivity contribution in [3.8, 4) is 22.8 Å². The standard InChI is InChI=1S/C25H24N6O2/c1-17(25(32)30-14-6-3-7-15-30)31-24-21(23(26)27-16-28-24)22(29-31)18-10-12-20(13-11-18)33-19-8-4-2-5-9-19/h2,4-5,8-13,16H,1,3,6-7,14-15H2,(H2,26,27,28). The van der Waals surface area contributed by atoms with Gasteiger partial charge in [-0.05, 0) is 55.7 Å². The number of fused-ring (bicyclic) bond motifs is 1. The largest absolute Gasteiger partial charge is 0.457 e. The van der Waals surface area contributed by atoms with Gasteiger partial charge in [-0.1, -0.05) is 24.8 Å². The number of piperidine rings is 1. The van der Waals surface area contributed by atoms with Gasteiger partial charge in [0, 0.05) is 18.7 Å². The molecular weight excluding hydrogens is 416 g/mol. The average Bonchev–Trinajstić information content (AvgIpc) is 3.26. The van der Waals surface area contributed by atoms with E-state index in [0.29, 0.717) is 28.3 Å². The smallest absolute Gasteiger partial charge is 0.271 e. The van der Waals surface area contributed by atoms with Crippen LogP contribution in [0.5, 0.6) is 11.5 Å². The second-order valence-corrected chi connectivity index (χ2v) is 7.96. The number of hydrogen-bond donors (Lipinski definition) is 1. The fourth-order valence-corrected chi connectivity index (χ4v) is 4.04. The molecule has 166 valence electrons. The highest BCUT2D eigenvalue weighted by molar-refractivity contribution is 6.15. The number of likely N-dealkylation sites (tertiary alicyclic amines) is 1. The number of rotatable bonds is 5. The Morgan fingerprint density at radius 3 is 2.36 bits per heavy atom. The molecule has 1 aliphatic rings. The number of carbonyl (C=O) groups is 1. The maximum Gasteiger partial charge on any atom is 0.271 e. The molecule has 2 N–H and O–H groups in total. The predicted molar refractivity (Wildman–Crippen MR) is 127 cm³/mol. The summed E-state index contributed by atoms with van der Waals surface area (Å²) in [4.78, 5) is 23.4. The van der Waals surface area contributed by atoms with Crippen molar-refractivity contribution in [3.05, 3.63) is 67.5 Å². The molecule has 5 rings (SSSR count). The highest BCUT2D eigenvalue weighted by Gasteiger charge is 2.25. The van der Waals surface area contributed by atoms with Gasteiger partial charge in [0.15, 0.2) is 5.65 Å². The van der Waals surface area contributed by atoms with Gasteiger partial charge in [-0.15, -0.1) is 0 Å². The number of ether oxygens (including phenoxy) is 1. The number of anilines is 1. The zero-order valence-corrected chi connectivity index (χ0v) is 18.1. The maximum atomic E-state index is 13.1. The monoisotopic (exact) mass is 440 g/mol. The summed E-state index contributed by atoms with van der Waals surface area (Å²) in [7, 11) is 0. The lowest BCUT2D eigenvalue weighted by Crippen LogP contribution is -2.37. The van der Waals surface area contributed by atoms with Crippen LogP contribution in [0.4, 0.5) is 5.82 Å². The number of benzene rings is 2. The predicted octanol–water partition coefficient (Wildman–Crippen LogP) is 4.35. The minimum Gasteiger partial charge on any atom is -0.457 e. The van der Waals surface area contributed by atoms with Crippen molar-refractivity contribution in [2.24, 2.45) is 0 Å². The molecule has 8 nitrogen and oxygen atoms in total. The van der Waals surface area contributed by atoms with Gasteiger partial charge in [0.2, 0.25) is 0 Å². The van der Waals surface area contributed by atoms with Gasteiger partial charge in [0.25, 0.3) is 5.91 Å². The van der Waals surface area contributed by atoms with Crippen LogP contribution in [0.3, 0.4) is 0 Å². The van der Waals surface area contributed by atoms with Gasteiger partial charge < -0.3 is 15.4 Å². The number of amides is 1. The lowest BCUT2D eigenvalue weighted by Gasteiger charge is -2.27. The van der Waals surface area contributed by atoms with Crippen molar-refractivity contribution in [2.45, 2.75) is 19.3 Å². The van der Waals surface area contributed by atoms with Gasteiger partial charge in [0.1, 0.15) is 35.0 Å². The van der Waals surface area contributed by atoms with Crippen molar-refractivity contribution in [2.75, 3.05) is 18.8 Å².